The third-order valence-corrected chi connectivity index (χ3v) is 9.16. The minimum atomic E-state index is -0.570. The summed E-state index contributed by atoms with van der Waals surface area (Å²) >= 11 is 0. The number of likely N-dealkylation sites (N-methyl/N-ethyl adjacent to an activating group) is 1. The van der Waals surface area contributed by atoms with Crippen LogP contribution in [0.3, 0.4) is 0 Å². The molecule has 0 saturated heterocycles. The van der Waals surface area contributed by atoms with E-state index in [1.54, 1.807) is 18.2 Å². The maximum atomic E-state index is 13.9. The Hall–Kier alpha value is -2.37. The molecule has 32 heavy (non-hydrogen) atoms. The molecule has 2 amide bonds. The first-order valence-electron chi connectivity index (χ1n) is 12.0. The highest BCUT2D eigenvalue weighted by atomic mass is 19.1. The highest BCUT2D eigenvalue weighted by molar-refractivity contribution is 5.89. The second-order valence-electron chi connectivity index (χ2n) is 10.6. The SMILES string of the molecule is CN1C(=O)C=C[C@@]23CCC[C@]4(C)[C@@H](NC(=O)Oc5ccccc5F)CC[C@H]4[C@H](CC[C@@H]12)C3. The smallest absolute Gasteiger partial charge is 0.407 e. The van der Waals surface area contributed by atoms with Gasteiger partial charge >= 0.3 is 6.09 Å². The zero-order chi connectivity index (χ0) is 22.5. The molecule has 6 atom stereocenters. The van der Waals surface area contributed by atoms with Gasteiger partial charge in [0.15, 0.2) is 11.6 Å². The van der Waals surface area contributed by atoms with Crippen molar-refractivity contribution in [3.63, 3.8) is 0 Å². The van der Waals surface area contributed by atoms with Crippen LogP contribution in [0.2, 0.25) is 0 Å². The van der Waals surface area contributed by atoms with E-state index in [2.05, 4.69) is 18.3 Å². The molecule has 4 aliphatic rings. The lowest BCUT2D eigenvalue weighted by Crippen LogP contribution is -2.56. The summed E-state index contributed by atoms with van der Waals surface area (Å²) in [5.41, 5.74) is 0.107. The van der Waals surface area contributed by atoms with Gasteiger partial charge in [0.1, 0.15) is 0 Å². The van der Waals surface area contributed by atoms with Crippen LogP contribution in [0, 0.1) is 28.5 Å². The second-order valence-corrected chi connectivity index (χ2v) is 10.6. The Bertz CT molecular complexity index is 949. The average molecular weight is 441 g/mol. The molecular formula is C26H33FN2O3. The van der Waals surface area contributed by atoms with Crippen molar-refractivity contribution in [2.45, 2.75) is 70.4 Å². The number of fused-ring (bicyclic) bond motifs is 3. The number of nitrogens with one attached hydrogen (secondary N) is 1. The maximum absolute atomic E-state index is 13.9. The number of para-hydroxylation sites is 1. The number of carbonyl (C=O) groups is 2. The van der Waals surface area contributed by atoms with Gasteiger partial charge in [-0.1, -0.05) is 31.6 Å². The molecule has 0 unspecified atom stereocenters. The Balaban J connectivity index is 1.32. The van der Waals surface area contributed by atoms with Crippen molar-refractivity contribution in [1.82, 2.24) is 10.2 Å². The molecule has 3 fully saturated rings. The molecule has 1 aromatic rings. The molecule has 1 aromatic carbocycles. The number of rotatable bonds is 2. The highest BCUT2D eigenvalue weighted by Crippen LogP contribution is 2.60. The fraction of sp³-hybridized carbons (Fsp3) is 0.615. The van der Waals surface area contributed by atoms with Crippen molar-refractivity contribution < 1.29 is 18.7 Å². The summed E-state index contributed by atoms with van der Waals surface area (Å²) in [5.74, 6) is 0.693. The standard InChI is InChI=1S/C26H33FN2O3/c1-25-13-5-14-26-15-12-23(30)29(2)22(26)11-8-17(16-26)18(25)9-10-21(25)28-24(31)32-20-7-4-3-6-19(20)27/h3-4,6-7,12,15,17-18,21-22H,5,8-11,13-14,16H2,1-2H3,(H,28,31)/t17-,18+,21+,22-,25+,26-/m1/s1. The molecule has 6 heteroatoms. The van der Waals surface area contributed by atoms with Crippen LogP contribution in [-0.4, -0.2) is 36.0 Å². The predicted octanol–water partition coefficient (Wildman–Crippen LogP) is 5.07. The van der Waals surface area contributed by atoms with Gasteiger partial charge in [-0.2, -0.15) is 0 Å². The summed E-state index contributed by atoms with van der Waals surface area (Å²) in [5, 5.41) is 3.09. The van der Waals surface area contributed by atoms with Crippen LogP contribution in [0.25, 0.3) is 0 Å². The first kappa shape index (κ1) is 21.5. The van der Waals surface area contributed by atoms with E-state index in [1.807, 2.05) is 11.9 Å². The van der Waals surface area contributed by atoms with Crippen molar-refractivity contribution >= 4 is 12.0 Å². The number of ether oxygens (including phenoxy) is 1. The Morgan fingerprint density at radius 2 is 2.00 bits per heavy atom. The van der Waals surface area contributed by atoms with Gasteiger partial charge in [0.05, 0.1) is 0 Å². The number of hydrogen-bond acceptors (Lipinski definition) is 3. The number of halogens is 1. The van der Waals surface area contributed by atoms with E-state index < -0.39 is 11.9 Å². The predicted molar refractivity (Wildman–Crippen MR) is 120 cm³/mol. The summed E-state index contributed by atoms with van der Waals surface area (Å²) in [6, 6.07) is 6.34. The van der Waals surface area contributed by atoms with E-state index in [0.29, 0.717) is 17.9 Å². The molecule has 3 aliphatic carbocycles. The third kappa shape index (κ3) is 3.43. The number of nitrogens with zero attached hydrogens (tertiary/aromatic N) is 1. The van der Waals surface area contributed by atoms with Crippen LogP contribution >= 0.6 is 0 Å². The number of hydrogen-bond donors (Lipinski definition) is 1. The minimum Gasteiger partial charge on any atom is -0.407 e. The van der Waals surface area contributed by atoms with Gasteiger partial charge in [0.2, 0.25) is 5.91 Å². The molecule has 1 spiro atoms. The molecular weight excluding hydrogens is 407 g/mol. The summed E-state index contributed by atoms with van der Waals surface area (Å²) in [6.45, 7) is 2.33. The number of benzene rings is 1. The van der Waals surface area contributed by atoms with Crippen LogP contribution in [0.4, 0.5) is 9.18 Å². The van der Waals surface area contributed by atoms with Crippen LogP contribution in [0.15, 0.2) is 36.4 Å². The van der Waals surface area contributed by atoms with E-state index in [4.69, 9.17) is 4.74 Å². The normalized spacial score (nSPS) is 38.3. The minimum absolute atomic E-state index is 0.00741. The lowest BCUT2D eigenvalue weighted by atomic mass is 9.54. The van der Waals surface area contributed by atoms with Crippen molar-refractivity contribution in [2.24, 2.45) is 22.7 Å². The van der Waals surface area contributed by atoms with Gasteiger partial charge in [-0.25, -0.2) is 9.18 Å². The fourth-order valence-electron chi connectivity index (χ4n) is 7.58. The van der Waals surface area contributed by atoms with Crippen molar-refractivity contribution in [3.8, 4) is 5.75 Å². The summed E-state index contributed by atoms with van der Waals surface area (Å²) in [6.07, 6.45) is 12.0. The molecule has 1 aliphatic heterocycles. The van der Waals surface area contributed by atoms with Gasteiger partial charge in [-0.05, 0) is 80.4 Å². The zero-order valence-corrected chi connectivity index (χ0v) is 19.0. The molecule has 1 N–H and O–H groups in total. The van der Waals surface area contributed by atoms with E-state index in [0.717, 1.165) is 51.4 Å². The van der Waals surface area contributed by atoms with Crippen molar-refractivity contribution in [3.05, 3.63) is 42.2 Å². The Labute approximate surface area is 189 Å². The fourth-order valence-corrected chi connectivity index (χ4v) is 7.58. The number of carbonyl (C=O) groups excluding carboxylic acids is 2. The molecule has 0 aromatic heterocycles. The van der Waals surface area contributed by atoms with Crippen molar-refractivity contribution in [2.75, 3.05) is 7.05 Å². The molecule has 172 valence electrons. The first-order chi connectivity index (χ1) is 15.3. The van der Waals surface area contributed by atoms with Gasteiger partial charge in [0.25, 0.3) is 0 Å². The molecule has 2 bridgehead atoms. The quantitative estimate of drug-likeness (QED) is 0.699. The van der Waals surface area contributed by atoms with E-state index in [9.17, 15) is 14.0 Å². The molecule has 3 saturated carbocycles. The Morgan fingerprint density at radius 1 is 1.19 bits per heavy atom. The third-order valence-electron chi connectivity index (χ3n) is 9.16. The highest BCUT2D eigenvalue weighted by Gasteiger charge is 2.56. The summed E-state index contributed by atoms with van der Waals surface area (Å²) in [7, 11) is 1.96. The van der Waals surface area contributed by atoms with Crippen LogP contribution in [0.1, 0.15) is 58.3 Å². The van der Waals surface area contributed by atoms with Gasteiger partial charge in [-0.15, -0.1) is 0 Å². The first-order valence-corrected chi connectivity index (χ1v) is 12.0. The van der Waals surface area contributed by atoms with Gasteiger partial charge < -0.3 is 15.0 Å². The van der Waals surface area contributed by atoms with Gasteiger partial charge in [-0.3, -0.25) is 4.79 Å². The maximum Gasteiger partial charge on any atom is 0.412 e. The molecule has 5 rings (SSSR count). The average Bonchev–Trinajstić information content (AvgIpc) is 3.07. The largest absolute Gasteiger partial charge is 0.412 e. The monoisotopic (exact) mass is 440 g/mol. The lowest BCUT2D eigenvalue weighted by molar-refractivity contribution is -0.133. The van der Waals surface area contributed by atoms with Crippen LogP contribution < -0.4 is 10.1 Å². The Kier molecular flexibility index (Phi) is 5.30. The van der Waals surface area contributed by atoms with Crippen LogP contribution in [-0.2, 0) is 4.79 Å². The summed E-state index contributed by atoms with van der Waals surface area (Å²) < 4.78 is 19.2. The van der Waals surface area contributed by atoms with Crippen molar-refractivity contribution in [1.29, 1.82) is 0 Å². The number of amides is 2. The Morgan fingerprint density at radius 3 is 2.81 bits per heavy atom. The van der Waals surface area contributed by atoms with Gasteiger partial charge in [0, 0.05) is 24.5 Å². The molecule has 1 heterocycles. The molecule has 5 nitrogen and oxygen atoms in total. The lowest BCUT2D eigenvalue weighted by Gasteiger charge is -2.55. The van der Waals surface area contributed by atoms with E-state index in [1.165, 1.54) is 12.1 Å². The topological polar surface area (TPSA) is 58.6 Å². The zero-order valence-electron chi connectivity index (χ0n) is 19.0. The van der Waals surface area contributed by atoms with E-state index in [-0.39, 0.29) is 28.5 Å². The molecule has 0 radical (unpaired) electrons. The van der Waals surface area contributed by atoms with Crippen LogP contribution in [0.5, 0.6) is 5.75 Å². The summed E-state index contributed by atoms with van der Waals surface area (Å²) in [4.78, 5) is 26.8. The second kappa shape index (κ2) is 7.89. The van der Waals surface area contributed by atoms with E-state index >= 15 is 0 Å².